The summed E-state index contributed by atoms with van der Waals surface area (Å²) in [7, 11) is 2.91. The van der Waals surface area contributed by atoms with Gasteiger partial charge in [-0.3, -0.25) is 0 Å². The van der Waals surface area contributed by atoms with E-state index >= 15 is 0 Å². The number of imidazole rings is 1. The van der Waals surface area contributed by atoms with Crippen LogP contribution < -0.4 is 9.47 Å². The summed E-state index contributed by atoms with van der Waals surface area (Å²) in [6, 6.07) is 1.87. The Balaban J connectivity index is 1.87. The zero-order valence-electron chi connectivity index (χ0n) is 13.9. The summed E-state index contributed by atoms with van der Waals surface area (Å²) < 4.78 is 37.9. The Hall–Kier alpha value is -2.55. The molecule has 0 spiro atoms. The minimum Gasteiger partial charge on any atom is -0.480 e. The first-order chi connectivity index (χ1) is 12.5. The smallest absolute Gasteiger partial charge is 0.319 e. The van der Waals surface area contributed by atoms with E-state index in [0.29, 0.717) is 28.9 Å². The monoisotopic (exact) mass is 381 g/mol. The molecule has 0 unspecified atom stereocenters. The predicted octanol–water partition coefficient (Wildman–Crippen LogP) is 3.23. The van der Waals surface area contributed by atoms with Gasteiger partial charge in [0, 0.05) is 17.7 Å². The average Bonchev–Trinajstić information content (AvgIpc) is 3.35. The van der Waals surface area contributed by atoms with Gasteiger partial charge in [0.25, 0.3) is 0 Å². The molecular weight excluding hydrogens is 368 g/mol. The second-order valence-corrected chi connectivity index (χ2v) is 6.32. The molecular formula is C16H14ClF2N5O2. The van der Waals surface area contributed by atoms with E-state index < -0.39 is 12.3 Å². The molecule has 1 aliphatic rings. The molecule has 2 atom stereocenters. The van der Waals surface area contributed by atoms with Gasteiger partial charge < -0.3 is 9.47 Å². The van der Waals surface area contributed by atoms with Crippen LogP contribution in [0.4, 0.5) is 8.78 Å². The van der Waals surface area contributed by atoms with Gasteiger partial charge in [-0.05, 0) is 18.4 Å². The lowest BCUT2D eigenvalue weighted by Gasteiger charge is -2.10. The lowest BCUT2D eigenvalue weighted by atomic mass is 10.1. The van der Waals surface area contributed by atoms with Crippen LogP contribution in [-0.2, 0) is 0 Å². The van der Waals surface area contributed by atoms with Gasteiger partial charge in [0.2, 0.25) is 12.3 Å². The van der Waals surface area contributed by atoms with Crippen LogP contribution in [0.25, 0.3) is 16.9 Å². The normalized spacial score (nSPS) is 19.2. The summed E-state index contributed by atoms with van der Waals surface area (Å²) >= 11 is 5.99. The molecule has 0 bridgehead atoms. The molecule has 0 amide bonds. The summed E-state index contributed by atoms with van der Waals surface area (Å²) in [5, 5.41) is 4.69. The Bertz CT molecular complexity index is 981. The zero-order valence-corrected chi connectivity index (χ0v) is 14.6. The predicted molar refractivity (Wildman–Crippen MR) is 89.0 cm³/mol. The summed E-state index contributed by atoms with van der Waals surface area (Å²) in [6.45, 7) is 0. The van der Waals surface area contributed by atoms with Gasteiger partial charge in [0.1, 0.15) is 5.15 Å². The van der Waals surface area contributed by atoms with Crippen LogP contribution in [-0.4, -0.2) is 45.2 Å². The Labute approximate surface area is 151 Å². The first-order valence-corrected chi connectivity index (χ1v) is 8.19. The Morgan fingerprint density at radius 2 is 2.08 bits per heavy atom. The third-order valence-electron chi connectivity index (χ3n) is 4.37. The molecule has 3 aromatic rings. The Kier molecular flexibility index (Phi) is 4.10. The van der Waals surface area contributed by atoms with Gasteiger partial charge in [-0.1, -0.05) is 11.6 Å². The zero-order chi connectivity index (χ0) is 18.4. The molecule has 10 heteroatoms. The van der Waals surface area contributed by atoms with Crippen molar-refractivity contribution in [1.29, 1.82) is 0 Å². The van der Waals surface area contributed by atoms with Gasteiger partial charge in [-0.15, -0.1) is 0 Å². The van der Waals surface area contributed by atoms with E-state index in [0.717, 1.165) is 0 Å². The van der Waals surface area contributed by atoms with Crippen LogP contribution in [0.15, 0.2) is 18.5 Å². The summed E-state index contributed by atoms with van der Waals surface area (Å²) in [5.74, 6) is -0.705. The van der Waals surface area contributed by atoms with Crippen molar-refractivity contribution in [2.45, 2.75) is 18.8 Å². The van der Waals surface area contributed by atoms with Crippen molar-refractivity contribution in [2.75, 3.05) is 14.2 Å². The van der Waals surface area contributed by atoms with Gasteiger partial charge in [0.05, 0.1) is 31.7 Å². The van der Waals surface area contributed by atoms with Gasteiger partial charge in [-0.25, -0.2) is 23.3 Å². The number of rotatable bonds is 5. The van der Waals surface area contributed by atoms with Crippen molar-refractivity contribution in [1.82, 2.24) is 24.6 Å². The van der Waals surface area contributed by atoms with E-state index in [1.807, 2.05) is 0 Å². The van der Waals surface area contributed by atoms with Crippen LogP contribution in [0, 0.1) is 5.92 Å². The third kappa shape index (κ3) is 2.82. The van der Waals surface area contributed by atoms with E-state index in [1.54, 1.807) is 6.07 Å². The summed E-state index contributed by atoms with van der Waals surface area (Å²) in [6.07, 6.45) is 1.07. The van der Waals surface area contributed by atoms with Gasteiger partial charge in [0.15, 0.2) is 5.65 Å². The fourth-order valence-electron chi connectivity index (χ4n) is 3.01. The molecule has 0 N–H and O–H groups in total. The van der Waals surface area contributed by atoms with Crippen LogP contribution in [0.3, 0.4) is 0 Å². The second-order valence-electron chi connectivity index (χ2n) is 5.94. The van der Waals surface area contributed by atoms with Crippen molar-refractivity contribution in [3.63, 3.8) is 0 Å². The van der Waals surface area contributed by atoms with Crippen LogP contribution in [0.1, 0.15) is 17.9 Å². The molecule has 0 aromatic carbocycles. The maximum Gasteiger partial charge on any atom is 0.319 e. The summed E-state index contributed by atoms with van der Waals surface area (Å²) in [5.41, 5.74) is 2.13. The highest BCUT2D eigenvalue weighted by atomic mass is 35.5. The molecule has 7 nitrogen and oxygen atoms in total. The largest absolute Gasteiger partial charge is 0.480 e. The molecule has 1 fully saturated rings. The topological polar surface area (TPSA) is 74.4 Å². The number of fused-ring (bicyclic) bond motifs is 1. The standard InChI is InChI=1S/C16H14ClF2N5O2/c1-25-15-10(5-20-16(22-15)26-2)11-4-9(7-3-8(7)13(18)19)14-21-12(17)6-24(14)23-11/h4-8,13H,3H2,1-2H3/t7-,8-/m0/s1. The van der Waals surface area contributed by atoms with Crippen LogP contribution in [0.5, 0.6) is 11.9 Å². The first-order valence-electron chi connectivity index (χ1n) is 7.81. The number of halogens is 3. The van der Waals surface area contributed by atoms with E-state index in [-0.39, 0.29) is 23.0 Å². The molecule has 3 heterocycles. The van der Waals surface area contributed by atoms with E-state index in [2.05, 4.69) is 20.1 Å². The number of nitrogens with zero attached hydrogens (tertiary/aromatic N) is 5. The average molecular weight is 382 g/mol. The quantitative estimate of drug-likeness (QED) is 0.675. The fourth-order valence-corrected chi connectivity index (χ4v) is 3.18. The third-order valence-corrected chi connectivity index (χ3v) is 4.55. The highest BCUT2D eigenvalue weighted by Crippen LogP contribution is 2.52. The lowest BCUT2D eigenvalue weighted by Crippen LogP contribution is -2.03. The molecule has 1 saturated carbocycles. The molecule has 0 aliphatic heterocycles. The van der Waals surface area contributed by atoms with E-state index in [1.165, 1.54) is 31.1 Å². The molecule has 0 radical (unpaired) electrons. The maximum atomic E-state index is 13.1. The molecule has 136 valence electrons. The fraction of sp³-hybridized carbons (Fsp3) is 0.375. The first kappa shape index (κ1) is 16.9. The number of methoxy groups -OCH3 is 2. The van der Waals surface area contributed by atoms with Crippen molar-refractivity contribution < 1.29 is 18.3 Å². The number of aromatic nitrogens is 5. The SMILES string of the molecule is COc1ncc(-c2cc([C@H]3C[C@@H]3C(F)F)c3nc(Cl)cn3n2)c(OC)n1. The van der Waals surface area contributed by atoms with Crippen molar-refractivity contribution >= 4 is 17.2 Å². The van der Waals surface area contributed by atoms with E-state index in [4.69, 9.17) is 21.1 Å². The van der Waals surface area contributed by atoms with Gasteiger partial charge >= 0.3 is 6.01 Å². The highest BCUT2D eigenvalue weighted by molar-refractivity contribution is 6.29. The maximum absolute atomic E-state index is 13.1. The second kappa shape index (κ2) is 6.31. The molecule has 1 aliphatic carbocycles. The van der Waals surface area contributed by atoms with Crippen LogP contribution >= 0.6 is 11.6 Å². The lowest BCUT2D eigenvalue weighted by molar-refractivity contribution is 0.120. The number of alkyl halides is 2. The van der Waals surface area contributed by atoms with Crippen molar-refractivity contribution in [2.24, 2.45) is 5.92 Å². The van der Waals surface area contributed by atoms with Crippen LogP contribution in [0.2, 0.25) is 5.15 Å². The molecule has 26 heavy (non-hydrogen) atoms. The number of ether oxygens (including phenoxy) is 2. The van der Waals surface area contributed by atoms with E-state index in [9.17, 15) is 8.78 Å². The van der Waals surface area contributed by atoms with Crippen molar-refractivity contribution in [3.8, 4) is 23.1 Å². The molecule has 3 aromatic heterocycles. The van der Waals surface area contributed by atoms with Crippen molar-refractivity contribution in [3.05, 3.63) is 29.2 Å². The minimum absolute atomic E-state index is 0.150. The molecule has 4 rings (SSSR count). The number of hydrogen-bond acceptors (Lipinski definition) is 6. The highest BCUT2D eigenvalue weighted by Gasteiger charge is 2.46. The Morgan fingerprint density at radius 1 is 1.27 bits per heavy atom. The minimum atomic E-state index is -2.37. The summed E-state index contributed by atoms with van der Waals surface area (Å²) in [4.78, 5) is 12.4. The Morgan fingerprint density at radius 3 is 2.73 bits per heavy atom. The van der Waals surface area contributed by atoms with Gasteiger partial charge in [-0.2, -0.15) is 10.1 Å². The number of hydrogen-bond donors (Lipinski definition) is 0. The molecule has 0 saturated heterocycles.